The number of aromatic nitrogens is 2. The molecule has 0 aliphatic carbocycles. The first-order valence-corrected chi connectivity index (χ1v) is 6.09. The lowest BCUT2D eigenvalue weighted by Gasteiger charge is -1.99. The van der Waals surface area contributed by atoms with Gasteiger partial charge in [0.2, 0.25) is 0 Å². The summed E-state index contributed by atoms with van der Waals surface area (Å²) in [5.74, 6) is -0.369. The van der Waals surface area contributed by atoms with E-state index >= 15 is 0 Å². The summed E-state index contributed by atoms with van der Waals surface area (Å²) in [4.78, 5) is 11.6. The van der Waals surface area contributed by atoms with Crippen LogP contribution in [-0.2, 0) is 11.8 Å². The van der Waals surface area contributed by atoms with Gasteiger partial charge in [0.05, 0.1) is 10.7 Å². The Morgan fingerprint density at radius 2 is 2.00 bits per heavy atom. The average Bonchev–Trinajstić information content (AvgIpc) is 2.65. The minimum absolute atomic E-state index is 0.369. The number of benzene rings is 1. The van der Waals surface area contributed by atoms with Crippen LogP contribution in [0, 0.1) is 3.57 Å². The van der Waals surface area contributed by atoms with Crippen molar-refractivity contribution in [1.29, 1.82) is 0 Å². The number of esters is 1. The molecule has 0 spiro atoms. The van der Waals surface area contributed by atoms with Crippen molar-refractivity contribution in [1.82, 2.24) is 9.78 Å². The summed E-state index contributed by atoms with van der Waals surface area (Å²) >= 11 is 2.12. The van der Waals surface area contributed by atoms with Crippen LogP contribution in [0.2, 0.25) is 0 Å². The second kappa shape index (κ2) is 4.87. The third kappa shape index (κ3) is 2.19. The molecule has 1 heterocycles. The van der Waals surface area contributed by atoms with Crippen LogP contribution < -0.4 is 0 Å². The maximum atomic E-state index is 11.6. The predicted molar refractivity (Wildman–Crippen MR) is 72.7 cm³/mol. The zero-order chi connectivity index (χ0) is 12.4. The third-order valence-electron chi connectivity index (χ3n) is 2.42. The molecule has 0 amide bonds. The van der Waals surface area contributed by atoms with E-state index in [1.54, 1.807) is 11.7 Å². The fraction of sp³-hybridized carbons (Fsp3) is 0.167. The lowest BCUT2D eigenvalue weighted by Crippen LogP contribution is -2.09. The lowest BCUT2D eigenvalue weighted by molar-refractivity contribution is 0.0587. The second-order valence-corrected chi connectivity index (χ2v) is 4.57. The van der Waals surface area contributed by atoms with E-state index in [1.807, 2.05) is 30.3 Å². The second-order valence-electron chi connectivity index (χ2n) is 3.49. The number of carbonyl (C=O) groups is 1. The first kappa shape index (κ1) is 12.1. The molecule has 0 aliphatic heterocycles. The summed E-state index contributed by atoms with van der Waals surface area (Å²) in [7, 11) is 3.11. The maximum absolute atomic E-state index is 11.6. The van der Waals surface area contributed by atoms with Gasteiger partial charge in [0.1, 0.15) is 5.69 Å². The fourth-order valence-electron chi connectivity index (χ4n) is 1.60. The van der Waals surface area contributed by atoms with Crippen molar-refractivity contribution in [3.8, 4) is 11.3 Å². The minimum atomic E-state index is -0.369. The highest BCUT2D eigenvalue weighted by molar-refractivity contribution is 14.1. The van der Waals surface area contributed by atoms with Gasteiger partial charge in [-0.15, -0.1) is 0 Å². The van der Waals surface area contributed by atoms with Gasteiger partial charge in [0, 0.05) is 12.6 Å². The number of hydrogen-bond donors (Lipinski definition) is 0. The molecule has 0 unspecified atom stereocenters. The monoisotopic (exact) mass is 342 g/mol. The zero-order valence-corrected chi connectivity index (χ0v) is 11.6. The zero-order valence-electron chi connectivity index (χ0n) is 9.48. The van der Waals surface area contributed by atoms with Crippen LogP contribution in [0.4, 0.5) is 0 Å². The summed E-state index contributed by atoms with van der Waals surface area (Å²) in [5, 5.41) is 4.36. The van der Waals surface area contributed by atoms with E-state index in [2.05, 4.69) is 27.7 Å². The molecule has 88 valence electrons. The molecule has 0 N–H and O–H groups in total. The number of aryl methyl sites for hydroxylation is 1. The van der Waals surface area contributed by atoms with E-state index in [9.17, 15) is 4.79 Å². The number of halogens is 1. The molecule has 1 aromatic carbocycles. The molecule has 4 nitrogen and oxygen atoms in total. The van der Waals surface area contributed by atoms with E-state index in [4.69, 9.17) is 4.74 Å². The highest BCUT2D eigenvalue weighted by Gasteiger charge is 2.21. The van der Waals surface area contributed by atoms with Gasteiger partial charge in [0.15, 0.2) is 5.69 Å². The van der Waals surface area contributed by atoms with Crippen LogP contribution in [0.5, 0.6) is 0 Å². The largest absolute Gasteiger partial charge is 0.464 e. The van der Waals surface area contributed by atoms with Gasteiger partial charge in [-0.3, -0.25) is 4.68 Å². The molecule has 2 aromatic rings. The van der Waals surface area contributed by atoms with Gasteiger partial charge >= 0.3 is 5.97 Å². The molecule has 0 atom stereocenters. The standard InChI is InChI=1S/C12H11IN2O2/c1-15-11(12(16)17-2)9(13)10(14-15)8-6-4-3-5-7-8/h3-7H,1-2H3. The topological polar surface area (TPSA) is 44.1 Å². The number of ether oxygens (including phenoxy) is 1. The van der Waals surface area contributed by atoms with Crippen molar-refractivity contribution in [2.24, 2.45) is 7.05 Å². The summed E-state index contributed by atoms with van der Waals surface area (Å²) in [6.45, 7) is 0. The molecule has 0 bridgehead atoms. The van der Waals surface area contributed by atoms with Crippen LogP contribution in [0.3, 0.4) is 0 Å². The van der Waals surface area contributed by atoms with Crippen LogP contribution >= 0.6 is 22.6 Å². The number of nitrogens with zero attached hydrogens (tertiary/aromatic N) is 2. The molecule has 0 radical (unpaired) electrons. The van der Waals surface area contributed by atoms with E-state index < -0.39 is 0 Å². The van der Waals surface area contributed by atoms with Gasteiger partial charge in [0.25, 0.3) is 0 Å². The van der Waals surface area contributed by atoms with Crippen LogP contribution in [0.25, 0.3) is 11.3 Å². The third-order valence-corrected chi connectivity index (χ3v) is 3.44. The quantitative estimate of drug-likeness (QED) is 0.622. The fourth-order valence-corrected chi connectivity index (χ4v) is 2.59. The van der Waals surface area contributed by atoms with Crippen LogP contribution in [-0.4, -0.2) is 22.9 Å². The Hall–Kier alpha value is -1.37. The molecule has 17 heavy (non-hydrogen) atoms. The Bertz CT molecular complexity index is 549. The van der Waals surface area contributed by atoms with E-state index in [1.165, 1.54) is 7.11 Å². The SMILES string of the molecule is COC(=O)c1c(I)c(-c2ccccc2)nn1C. The van der Waals surface area contributed by atoms with Crippen LogP contribution in [0.1, 0.15) is 10.5 Å². The van der Waals surface area contributed by atoms with Crippen molar-refractivity contribution in [3.05, 3.63) is 39.6 Å². The van der Waals surface area contributed by atoms with Gasteiger partial charge in [-0.2, -0.15) is 5.10 Å². The normalized spacial score (nSPS) is 10.3. The van der Waals surface area contributed by atoms with Crippen molar-refractivity contribution < 1.29 is 9.53 Å². The molecule has 1 aromatic heterocycles. The van der Waals surface area contributed by atoms with Gasteiger partial charge in [-0.25, -0.2) is 4.79 Å². The molecule has 2 rings (SSSR count). The Morgan fingerprint density at radius 3 is 2.59 bits per heavy atom. The molecule has 0 saturated heterocycles. The van der Waals surface area contributed by atoms with E-state index in [0.29, 0.717) is 5.69 Å². The summed E-state index contributed by atoms with van der Waals surface area (Å²) in [5.41, 5.74) is 2.27. The number of methoxy groups -OCH3 is 1. The first-order valence-electron chi connectivity index (χ1n) is 5.01. The number of rotatable bonds is 2. The summed E-state index contributed by atoms with van der Waals surface area (Å²) < 4.78 is 7.10. The van der Waals surface area contributed by atoms with Gasteiger partial charge in [-0.05, 0) is 22.6 Å². The Morgan fingerprint density at radius 1 is 1.35 bits per heavy atom. The van der Waals surface area contributed by atoms with E-state index in [0.717, 1.165) is 14.8 Å². The lowest BCUT2D eigenvalue weighted by atomic mass is 10.1. The molecule has 0 fully saturated rings. The minimum Gasteiger partial charge on any atom is -0.464 e. The van der Waals surface area contributed by atoms with Gasteiger partial charge in [-0.1, -0.05) is 30.3 Å². The Balaban J connectivity index is 2.56. The smallest absolute Gasteiger partial charge is 0.357 e. The highest BCUT2D eigenvalue weighted by atomic mass is 127. The highest BCUT2D eigenvalue weighted by Crippen LogP contribution is 2.26. The number of hydrogen-bond acceptors (Lipinski definition) is 3. The molecule has 5 heteroatoms. The summed E-state index contributed by atoms with van der Waals surface area (Å²) in [6, 6.07) is 9.76. The average molecular weight is 342 g/mol. The van der Waals surface area contributed by atoms with Gasteiger partial charge < -0.3 is 4.74 Å². The van der Waals surface area contributed by atoms with Crippen molar-refractivity contribution in [2.75, 3.05) is 7.11 Å². The van der Waals surface area contributed by atoms with Crippen molar-refractivity contribution in [3.63, 3.8) is 0 Å². The molecule has 0 aliphatic rings. The molecular weight excluding hydrogens is 331 g/mol. The van der Waals surface area contributed by atoms with Crippen molar-refractivity contribution in [2.45, 2.75) is 0 Å². The first-order chi connectivity index (χ1) is 8.15. The van der Waals surface area contributed by atoms with E-state index in [-0.39, 0.29) is 5.97 Å². The molecular formula is C12H11IN2O2. The van der Waals surface area contributed by atoms with Crippen LogP contribution in [0.15, 0.2) is 30.3 Å². The Labute approximate surface area is 113 Å². The van der Waals surface area contributed by atoms with Crippen molar-refractivity contribution >= 4 is 28.6 Å². The summed E-state index contributed by atoms with van der Waals surface area (Å²) in [6.07, 6.45) is 0. The maximum Gasteiger partial charge on any atom is 0.357 e. The predicted octanol–water partition coefficient (Wildman–Crippen LogP) is 2.48. The Kier molecular flexibility index (Phi) is 3.46. The number of carbonyl (C=O) groups excluding carboxylic acids is 1. The molecule has 0 saturated carbocycles.